The van der Waals surface area contributed by atoms with Crippen molar-refractivity contribution in [1.29, 1.82) is 0 Å². The molecule has 1 saturated heterocycles. The highest BCUT2D eigenvalue weighted by Crippen LogP contribution is 2.17. The van der Waals surface area contributed by atoms with Crippen LogP contribution in [-0.4, -0.2) is 47.0 Å². The molecule has 0 unspecified atom stereocenters. The highest BCUT2D eigenvalue weighted by molar-refractivity contribution is 7.09. The first-order chi connectivity index (χ1) is 13.8. The number of pyridine rings is 1. The Kier molecular flexibility index (Phi) is 5.82. The lowest BCUT2D eigenvalue weighted by molar-refractivity contribution is -0.130. The van der Waals surface area contributed by atoms with Gasteiger partial charge in [-0.3, -0.25) is 4.79 Å². The molecule has 1 aromatic carbocycles. The van der Waals surface area contributed by atoms with Crippen LogP contribution in [0.15, 0.2) is 60.1 Å². The molecule has 1 aliphatic heterocycles. The van der Waals surface area contributed by atoms with E-state index in [1.54, 1.807) is 6.20 Å². The number of hydrogen-bond acceptors (Lipinski definition) is 6. The lowest BCUT2D eigenvalue weighted by Gasteiger charge is -2.35. The fourth-order valence-electron chi connectivity index (χ4n) is 3.15. The molecule has 0 aliphatic carbocycles. The summed E-state index contributed by atoms with van der Waals surface area (Å²) in [5, 5.41) is 2.83. The normalized spacial score (nSPS) is 14.1. The molecule has 0 bridgehead atoms. The third kappa shape index (κ3) is 4.67. The quantitative estimate of drug-likeness (QED) is 0.643. The van der Waals surface area contributed by atoms with Crippen LogP contribution in [0.1, 0.15) is 10.7 Å². The van der Waals surface area contributed by atoms with Gasteiger partial charge < -0.3 is 14.5 Å². The molecule has 0 spiro atoms. The molecule has 0 saturated carbocycles. The van der Waals surface area contributed by atoms with Crippen molar-refractivity contribution in [2.24, 2.45) is 0 Å². The lowest BCUT2D eigenvalue weighted by atomic mass is 10.2. The van der Waals surface area contributed by atoms with Gasteiger partial charge in [0.05, 0.1) is 12.1 Å². The van der Waals surface area contributed by atoms with Crippen molar-refractivity contribution in [2.45, 2.75) is 13.0 Å². The van der Waals surface area contributed by atoms with Gasteiger partial charge in [0.15, 0.2) is 0 Å². The molecule has 3 heterocycles. The molecule has 3 aromatic rings. The van der Waals surface area contributed by atoms with Gasteiger partial charge >= 0.3 is 0 Å². The van der Waals surface area contributed by atoms with E-state index >= 15 is 0 Å². The number of hydrogen-bond donors (Lipinski definition) is 0. The third-order valence-electron chi connectivity index (χ3n) is 4.64. The van der Waals surface area contributed by atoms with Crippen LogP contribution >= 0.6 is 11.3 Å². The lowest BCUT2D eigenvalue weighted by Crippen LogP contribution is -2.49. The van der Waals surface area contributed by atoms with Crippen LogP contribution in [0.5, 0.6) is 5.75 Å². The Hall–Kier alpha value is -2.93. The minimum absolute atomic E-state index is 0.126. The van der Waals surface area contributed by atoms with E-state index < -0.39 is 0 Å². The van der Waals surface area contributed by atoms with Crippen molar-refractivity contribution < 1.29 is 9.53 Å². The number of thiazole rings is 1. The number of ether oxygens (including phenoxy) is 1. The topological polar surface area (TPSA) is 58.6 Å². The number of amides is 1. The Morgan fingerprint density at radius 1 is 1.04 bits per heavy atom. The number of aromatic nitrogens is 2. The van der Waals surface area contributed by atoms with E-state index in [1.165, 1.54) is 11.3 Å². The SMILES string of the molecule is O=C(Cc1csc(COc2ccccc2)n1)N1CCN(c2ccccn2)CC1. The van der Waals surface area contributed by atoms with Gasteiger partial charge in [0.25, 0.3) is 0 Å². The van der Waals surface area contributed by atoms with Gasteiger partial charge in [-0.1, -0.05) is 24.3 Å². The second-order valence-electron chi connectivity index (χ2n) is 6.57. The maximum absolute atomic E-state index is 12.6. The number of carbonyl (C=O) groups is 1. The first-order valence-electron chi connectivity index (χ1n) is 9.33. The monoisotopic (exact) mass is 394 g/mol. The summed E-state index contributed by atoms with van der Waals surface area (Å²) in [6.45, 7) is 3.45. The fraction of sp³-hybridized carbons (Fsp3) is 0.286. The Labute approximate surface area is 168 Å². The van der Waals surface area contributed by atoms with E-state index in [-0.39, 0.29) is 5.91 Å². The smallest absolute Gasteiger partial charge is 0.228 e. The molecule has 1 amide bonds. The predicted octanol–water partition coefficient (Wildman–Crippen LogP) is 3.01. The summed E-state index contributed by atoms with van der Waals surface area (Å²) in [5.74, 6) is 1.92. The molecular weight excluding hydrogens is 372 g/mol. The first kappa shape index (κ1) is 18.4. The largest absolute Gasteiger partial charge is 0.486 e. The standard InChI is InChI=1S/C21H22N4O2S/c26-21(25-12-10-24(11-13-25)19-8-4-5-9-22-19)14-17-16-28-20(23-17)15-27-18-6-2-1-3-7-18/h1-9,16H,10-15H2. The number of benzene rings is 1. The molecule has 0 atom stereocenters. The van der Waals surface area contributed by atoms with Crippen LogP contribution in [0, 0.1) is 0 Å². The summed E-state index contributed by atoms with van der Waals surface area (Å²) in [6.07, 6.45) is 2.14. The zero-order chi connectivity index (χ0) is 19.2. The van der Waals surface area contributed by atoms with Crippen molar-refractivity contribution in [3.63, 3.8) is 0 Å². The van der Waals surface area contributed by atoms with Gasteiger partial charge in [-0.15, -0.1) is 11.3 Å². The van der Waals surface area contributed by atoms with Gasteiger partial charge in [-0.2, -0.15) is 0 Å². The summed E-state index contributed by atoms with van der Waals surface area (Å²) in [6, 6.07) is 15.6. The molecule has 2 aromatic heterocycles. The van der Waals surface area contributed by atoms with Crippen molar-refractivity contribution >= 4 is 23.1 Å². The van der Waals surface area contributed by atoms with Crippen LogP contribution in [0.4, 0.5) is 5.82 Å². The van der Waals surface area contributed by atoms with Gasteiger partial charge in [0.2, 0.25) is 5.91 Å². The molecule has 1 aliphatic rings. The fourth-order valence-corrected chi connectivity index (χ4v) is 3.86. The summed E-state index contributed by atoms with van der Waals surface area (Å²) in [7, 11) is 0. The van der Waals surface area contributed by atoms with Crippen LogP contribution in [-0.2, 0) is 17.8 Å². The predicted molar refractivity (Wildman–Crippen MR) is 110 cm³/mol. The molecular formula is C21H22N4O2S. The molecule has 6 nitrogen and oxygen atoms in total. The third-order valence-corrected chi connectivity index (χ3v) is 5.51. The van der Waals surface area contributed by atoms with Crippen LogP contribution in [0.25, 0.3) is 0 Å². The van der Waals surface area contributed by atoms with E-state index in [0.717, 1.165) is 35.4 Å². The Morgan fingerprint density at radius 3 is 2.57 bits per heavy atom. The maximum atomic E-state index is 12.6. The molecule has 4 rings (SSSR count). The first-order valence-corrected chi connectivity index (χ1v) is 10.2. The van der Waals surface area contributed by atoms with Crippen LogP contribution < -0.4 is 9.64 Å². The minimum atomic E-state index is 0.126. The second kappa shape index (κ2) is 8.84. The van der Waals surface area contributed by atoms with Gasteiger partial charge in [-0.25, -0.2) is 9.97 Å². The number of carbonyl (C=O) groups excluding carboxylic acids is 1. The highest BCUT2D eigenvalue weighted by Gasteiger charge is 2.22. The van der Waals surface area contributed by atoms with E-state index in [4.69, 9.17) is 4.74 Å². The average Bonchev–Trinajstić information content (AvgIpc) is 3.21. The maximum Gasteiger partial charge on any atom is 0.228 e. The minimum Gasteiger partial charge on any atom is -0.486 e. The van der Waals surface area contributed by atoms with Crippen LogP contribution in [0.2, 0.25) is 0 Å². The number of nitrogens with zero attached hydrogens (tertiary/aromatic N) is 4. The van der Waals surface area contributed by atoms with E-state index in [1.807, 2.05) is 58.8 Å². The average molecular weight is 395 g/mol. The number of rotatable bonds is 6. The molecule has 144 valence electrons. The number of piperazine rings is 1. The molecule has 28 heavy (non-hydrogen) atoms. The van der Waals surface area contributed by atoms with E-state index in [0.29, 0.717) is 26.1 Å². The Bertz CT molecular complexity index is 893. The summed E-state index contributed by atoms with van der Waals surface area (Å²) < 4.78 is 5.72. The van der Waals surface area contributed by atoms with E-state index in [2.05, 4.69) is 14.9 Å². The van der Waals surface area contributed by atoms with Gasteiger partial charge in [0.1, 0.15) is 23.2 Å². The summed E-state index contributed by atoms with van der Waals surface area (Å²) >= 11 is 1.53. The van der Waals surface area contributed by atoms with Crippen molar-refractivity contribution in [3.05, 3.63) is 70.8 Å². The Balaban J connectivity index is 1.26. The second-order valence-corrected chi connectivity index (χ2v) is 7.51. The van der Waals surface area contributed by atoms with Crippen molar-refractivity contribution in [1.82, 2.24) is 14.9 Å². The number of para-hydroxylation sites is 1. The highest BCUT2D eigenvalue weighted by atomic mass is 32.1. The molecule has 7 heteroatoms. The molecule has 1 fully saturated rings. The summed E-state index contributed by atoms with van der Waals surface area (Å²) in [4.78, 5) is 25.7. The van der Waals surface area contributed by atoms with Gasteiger partial charge in [0, 0.05) is 37.8 Å². The zero-order valence-electron chi connectivity index (χ0n) is 15.5. The number of anilines is 1. The van der Waals surface area contributed by atoms with Crippen molar-refractivity contribution in [2.75, 3.05) is 31.1 Å². The molecule has 0 N–H and O–H groups in total. The molecule has 0 radical (unpaired) electrons. The van der Waals surface area contributed by atoms with Crippen molar-refractivity contribution in [3.8, 4) is 5.75 Å². The summed E-state index contributed by atoms with van der Waals surface area (Å²) in [5.41, 5.74) is 0.814. The van der Waals surface area contributed by atoms with Gasteiger partial charge in [-0.05, 0) is 24.3 Å². The Morgan fingerprint density at radius 2 is 1.82 bits per heavy atom. The van der Waals surface area contributed by atoms with Crippen LogP contribution in [0.3, 0.4) is 0 Å². The van der Waals surface area contributed by atoms with E-state index in [9.17, 15) is 4.79 Å². The zero-order valence-corrected chi connectivity index (χ0v) is 16.3.